The lowest BCUT2D eigenvalue weighted by molar-refractivity contribution is -0.141. The average Bonchev–Trinajstić information content (AvgIpc) is 2.37. The van der Waals surface area contributed by atoms with Crippen LogP contribution in [-0.2, 0) is 14.3 Å². The van der Waals surface area contributed by atoms with Crippen molar-refractivity contribution in [1.82, 2.24) is 0 Å². The van der Waals surface area contributed by atoms with Crippen LogP contribution in [0, 0.1) is 0 Å². The predicted molar refractivity (Wildman–Crippen MR) is 62.9 cm³/mol. The molecule has 0 amide bonds. The van der Waals surface area contributed by atoms with Gasteiger partial charge < -0.3 is 14.8 Å². The van der Waals surface area contributed by atoms with Crippen LogP contribution in [0.3, 0.4) is 0 Å². The van der Waals surface area contributed by atoms with Gasteiger partial charge in [0.05, 0.1) is 19.8 Å². The number of benzene rings is 1. The van der Waals surface area contributed by atoms with Crippen molar-refractivity contribution in [2.75, 3.05) is 19.5 Å². The Hall–Kier alpha value is -2.04. The quantitative estimate of drug-likeness (QED) is 0.803. The Morgan fingerprint density at radius 1 is 1.18 bits per heavy atom. The number of para-hydroxylation sites is 1. The SMILES string of the molecule is COC(=O)c1ccccc1NC(C)C(=O)OC. The third-order valence-corrected chi connectivity index (χ3v) is 2.26. The lowest BCUT2D eigenvalue weighted by atomic mass is 10.1. The van der Waals surface area contributed by atoms with Crippen LogP contribution in [0.25, 0.3) is 0 Å². The fourth-order valence-electron chi connectivity index (χ4n) is 1.37. The first kappa shape index (κ1) is 13.0. The molecule has 0 bridgehead atoms. The van der Waals surface area contributed by atoms with Crippen LogP contribution in [-0.4, -0.2) is 32.2 Å². The zero-order chi connectivity index (χ0) is 12.8. The number of carbonyl (C=O) groups is 2. The molecule has 1 aromatic carbocycles. The molecule has 0 fully saturated rings. The molecule has 0 aliphatic heterocycles. The van der Waals surface area contributed by atoms with Crippen molar-refractivity contribution < 1.29 is 19.1 Å². The van der Waals surface area contributed by atoms with E-state index < -0.39 is 18.0 Å². The van der Waals surface area contributed by atoms with E-state index in [4.69, 9.17) is 0 Å². The standard InChI is InChI=1S/C12H15NO4/c1-8(11(14)16-2)13-10-7-5-4-6-9(10)12(15)17-3/h4-8,13H,1-3H3. The molecule has 0 heterocycles. The van der Waals surface area contributed by atoms with Crippen LogP contribution in [0.2, 0.25) is 0 Å². The summed E-state index contributed by atoms with van der Waals surface area (Å²) in [6.07, 6.45) is 0. The monoisotopic (exact) mass is 237 g/mol. The van der Waals surface area contributed by atoms with Gasteiger partial charge in [-0.05, 0) is 19.1 Å². The van der Waals surface area contributed by atoms with Crippen molar-refractivity contribution in [2.45, 2.75) is 13.0 Å². The summed E-state index contributed by atoms with van der Waals surface area (Å²) in [7, 11) is 2.62. The molecule has 1 aromatic rings. The largest absolute Gasteiger partial charge is 0.467 e. The fraction of sp³-hybridized carbons (Fsp3) is 0.333. The molecular weight excluding hydrogens is 222 g/mol. The van der Waals surface area contributed by atoms with E-state index in [2.05, 4.69) is 14.8 Å². The summed E-state index contributed by atoms with van der Waals surface area (Å²) in [5, 5.41) is 2.90. The van der Waals surface area contributed by atoms with Gasteiger partial charge in [0.1, 0.15) is 6.04 Å². The molecule has 0 spiro atoms. The zero-order valence-electron chi connectivity index (χ0n) is 10.0. The third kappa shape index (κ3) is 3.21. The highest BCUT2D eigenvalue weighted by Gasteiger charge is 2.17. The van der Waals surface area contributed by atoms with E-state index in [1.54, 1.807) is 31.2 Å². The first-order chi connectivity index (χ1) is 8.10. The van der Waals surface area contributed by atoms with Crippen molar-refractivity contribution in [3.8, 4) is 0 Å². The first-order valence-electron chi connectivity index (χ1n) is 5.12. The molecule has 1 N–H and O–H groups in total. The highest BCUT2D eigenvalue weighted by atomic mass is 16.5. The van der Waals surface area contributed by atoms with E-state index in [0.29, 0.717) is 11.3 Å². The normalized spacial score (nSPS) is 11.5. The number of methoxy groups -OCH3 is 2. The van der Waals surface area contributed by atoms with E-state index in [0.717, 1.165) is 0 Å². The molecule has 0 saturated heterocycles. The van der Waals surface area contributed by atoms with Crippen molar-refractivity contribution in [3.05, 3.63) is 29.8 Å². The average molecular weight is 237 g/mol. The van der Waals surface area contributed by atoms with Crippen molar-refractivity contribution in [2.24, 2.45) is 0 Å². The molecular formula is C12H15NO4. The minimum absolute atomic E-state index is 0.380. The molecule has 1 rings (SSSR count). The highest BCUT2D eigenvalue weighted by molar-refractivity contribution is 5.96. The summed E-state index contributed by atoms with van der Waals surface area (Å²) >= 11 is 0. The number of carbonyl (C=O) groups excluding carboxylic acids is 2. The summed E-state index contributed by atoms with van der Waals surface area (Å²) in [5.41, 5.74) is 0.919. The molecule has 0 aliphatic carbocycles. The topological polar surface area (TPSA) is 64.6 Å². The maximum atomic E-state index is 11.5. The van der Waals surface area contributed by atoms with E-state index >= 15 is 0 Å². The van der Waals surface area contributed by atoms with Gasteiger partial charge in [-0.3, -0.25) is 0 Å². The van der Waals surface area contributed by atoms with Gasteiger partial charge >= 0.3 is 11.9 Å². The summed E-state index contributed by atoms with van der Waals surface area (Å²) in [4.78, 5) is 22.7. The molecule has 0 aromatic heterocycles. The number of anilines is 1. The van der Waals surface area contributed by atoms with E-state index in [9.17, 15) is 9.59 Å². The van der Waals surface area contributed by atoms with Crippen molar-refractivity contribution >= 4 is 17.6 Å². The number of ether oxygens (including phenoxy) is 2. The third-order valence-electron chi connectivity index (χ3n) is 2.26. The van der Waals surface area contributed by atoms with E-state index in [1.165, 1.54) is 14.2 Å². The minimum Gasteiger partial charge on any atom is -0.467 e. The van der Waals surface area contributed by atoms with Gasteiger partial charge in [-0.15, -0.1) is 0 Å². The summed E-state index contributed by atoms with van der Waals surface area (Å²) in [5.74, 6) is -0.852. The Labute approximate surface area is 99.7 Å². The van der Waals surface area contributed by atoms with Crippen LogP contribution in [0.1, 0.15) is 17.3 Å². The Morgan fingerprint density at radius 3 is 2.41 bits per heavy atom. The maximum absolute atomic E-state index is 11.5. The van der Waals surface area contributed by atoms with E-state index in [1.807, 2.05) is 0 Å². The molecule has 1 atom stereocenters. The Bertz CT molecular complexity index is 417. The molecule has 17 heavy (non-hydrogen) atoms. The van der Waals surface area contributed by atoms with Crippen molar-refractivity contribution in [1.29, 1.82) is 0 Å². The van der Waals surface area contributed by atoms with Crippen LogP contribution in [0.4, 0.5) is 5.69 Å². The van der Waals surface area contributed by atoms with Gasteiger partial charge in [-0.1, -0.05) is 12.1 Å². The Morgan fingerprint density at radius 2 is 1.82 bits per heavy atom. The summed E-state index contributed by atoms with van der Waals surface area (Å²) < 4.78 is 9.24. The van der Waals surface area contributed by atoms with Gasteiger partial charge in [-0.2, -0.15) is 0 Å². The summed E-state index contributed by atoms with van der Waals surface area (Å²) in [6.45, 7) is 1.65. The zero-order valence-corrected chi connectivity index (χ0v) is 10.0. The maximum Gasteiger partial charge on any atom is 0.339 e. The van der Waals surface area contributed by atoms with Gasteiger partial charge in [0.2, 0.25) is 0 Å². The number of hydrogen-bond donors (Lipinski definition) is 1. The lowest BCUT2D eigenvalue weighted by Gasteiger charge is -2.15. The van der Waals surface area contributed by atoms with Crippen molar-refractivity contribution in [3.63, 3.8) is 0 Å². The highest BCUT2D eigenvalue weighted by Crippen LogP contribution is 2.17. The molecule has 92 valence electrons. The van der Waals surface area contributed by atoms with Gasteiger partial charge in [-0.25, -0.2) is 9.59 Å². The van der Waals surface area contributed by atoms with Gasteiger partial charge in [0.25, 0.3) is 0 Å². The number of nitrogens with one attached hydrogen (secondary N) is 1. The van der Waals surface area contributed by atoms with Gasteiger partial charge in [0.15, 0.2) is 0 Å². The Kier molecular flexibility index (Phi) is 4.51. The lowest BCUT2D eigenvalue weighted by Crippen LogP contribution is -2.28. The second kappa shape index (κ2) is 5.89. The van der Waals surface area contributed by atoms with E-state index in [-0.39, 0.29) is 0 Å². The van der Waals surface area contributed by atoms with Crippen LogP contribution in [0.5, 0.6) is 0 Å². The number of esters is 2. The van der Waals surface area contributed by atoms with Gasteiger partial charge in [0, 0.05) is 5.69 Å². The summed E-state index contributed by atoms with van der Waals surface area (Å²) in [6, 6.07) is 6.27. The number of rotatable bonds is 4. The second-order valence-electron chi connectivity index (χ2n) is 3.43. The molecule has 0 saturated carbocycles. The molecule has 1 unspecified atom stereocenters. The minimum atomic E-state index is -0.536. The molecule has 5 nitrogen and oxygen atoms in total. The first-order valence-corrected chi connectivity index (χ1v) is 5.12. The Balaban J connectivity index is 2.91. The fourth-order valence-corrected chi connectivity index (χ4v) is 1.37. The number of hydrogen-bond acceptors (Lipinski definition) is 5. The van der Waals surface area contributed by atoms with Crippen LogP contribution in [0.15, 0.2) is 24.3 Å². The molecule has 0 aliphatic rings. The molecule has 0 radical (unpaired) electrons. The smallest absolute Gasteiger partial charge is 0.339 e. The molecule has 5 heteroatoms. The van der Waals surface area contributed by atoms with Crippen LogP contribution < -0.4 is 5.32 Å². The predicted octanol–water partition coefficient (Wildman–Crippen LogP) is 1.45. The second-order valence-corrected chi connectivity index (χ2v) is 3.43. The van der Waals surface area contributed by atoms with Crippen LogP contribution >= 0.6 is 0 Å².